The summed E-state index contributed by atoms with van der Waals surface area (Å²) in [5.74, 6) is 0.157. The molecule has 4 heteroatoms. The Hall–Kier alpha value is -1.08. The van der Waals surface area contributed by atoms with Crippen molar-refractivity contribution in [1.82, 2.24) is 10.2 Å². The first-order valence-corrected chi connectivity index (χ1v) is 5.68. The van der Waals surface area contributed by atoms with Crippen molar-refractivity contribution in [2.75, 3.05) is 19.6 Å². The normalized spacial score (nSPS) is 22.1. The number of unbranched alkanes of at least 4 members (excludes halogenated alkanes) is 2. The maximum Gasteiger partial charge on any atom is 0.237 e. The largest absolute Gasteiger partial charge is 0.353 e. The molecule has 1 N–H and O–H groups in total. The molecule has 0 saturated carbocycles. The van der Waals surface area contributed by atoms with Crippen LogP contribution in [0.5, 0.6) is 0 Å². The van der Waals surface area contributed by atoms with E-state index in [1.54, 1.807) is 0 Å². The quantitative estimate of drug-likeness (QED) is 0.684. The second-order valence-corrected chi connectivity index (χ2v) is 3.87. The summed E-state index contributed by atoms with van der Waals surface area (Å²) < 4.78 is 0. The van der Waals surface area contributed by atoms with Gasteiger partial charge in [0.1, 0.15) is 0 Å². The van der Waals surface area contributed by atoms with Crippen LogP contribution in [0.4, 0.5) is 0 Å². The molecule has 1 heterocycles. The lowest BCUT2D eigenvalue weighted by Gasteiger charge is -2.34. The Labute approximate surface area is 91.2 Å². The molecule has 1 fully saturated rings. The highest BCUT2D eigenvalue weighted by Crippen LogP contribution is 2.09. The van der Waals surface area contributed by atoms with Gasteiger partial charge < -0.3 is 5.32 Å². The highest BCUT2D eigenvalue weighted by molar-refractivity contribution is 5.82. The molecule has 0 aromatic carbocycles. The highest BCUT2D eigenvalue weighted by Gasteiger charge is 2.26. The zero-order valence-corrected chi connectivity index (χ0v) is 9.33. The second kappa shape index (κ2) is 6.41. The number of piperazine rings is 1. The van der Waals surface area contributed by atoms with E-state index in [-0.39, 0.29) is 11.9 Å². The average molecular weight is 209 g/mol. The molecule has 1 amide bonds. The van der Waals surface area contributed by atoms with Gasteiger partial charge in [0.2, 0.25) is 5.91 Å². The summed E-state index contributed by atoms with van der Waals surface area (Å²) in [6, 6.07) is 2.18. The molecule has 1 saturated heterocycles. The maximum absolute atomic E-state index is 11.5. The van der Waals surface area contributed by atoms with Crippen molar-refractivity contribution in [2.24, 2.45) is 0 Å². The molecule has 1 rings (SSSR count). The van der Waals surface area contributed by atoms with E-state index in [1.165, 1.54) is 0 Å². The van der Waals surface area contributed by atoms with Crippen molar-refractivity contribution in [2.45, 2.75) is 38.6 Å². The number of amides is 1. The van der Waals surface area contributed by atoms with Crippen molar-refractivity contribution >= 4 is 5.91 Å². The fourth-order valence-corrected chi connectivity index (χ4v) is 1.99. The first-order chi connectivity index (χ1) is 7.29. The summed E-state index contributed by atoms with van der Waals surface area (Å²) in [5, 5.41) is 11.3. The van der Waals surface area contributed by atoms with Crippen LogP contribution in [0, 0.1) is 11.3 Å². The predicted molar refractivity (Wildman–Crippen MR) is 58.1 cm³/mol. The lowest BCUT2D eigenvalue weighted by molar-refractivity contribution is -0.129. The van der Waals surface area contributed by atoms with Crippen LogP contribution < -0.4 is 5.32 Å². The number of nitrogens with one attached hydrogen (secondary N) is 1. The third-order valence-electron chi connectivity index (χ3n) is 2.81. The van der Waals surface area contributed by atoms with Gasteiger partial charge in [-0.05, 0) is 25.8 Å². The van der Waals surface area contributed by atoms with E-state index in [1.807, 2.05) is 6.92 Å². The molecule has 1 unspecified atom stereocenters. The molecule has 0 aromatic heterocycles. The van der Waals surface area contributed by atoms with E-state index in [4.69, 9.17) is 5.26 Å². The van der Waals surface area contributed by atoms with E-state index in [0.29, 0.717) is 6.42 Å². The maximum atomic E-state index is 11.5. The van der Waals surface area contributed by atoms with E-state index in [9.17, 15) is 4.79 Å². The molecule has 84 valence electrons. The highest BCUT2D eigenvalue weighted by atomic mass is 16.2. The van der Waals surface area contributed by atoms with Crippen LogP contribution in [0.15, 0.2) is 0 Å². The summed E-state index contributed by atoms with van der Waals surface area (Å²) in [7, 11) is 0. The molecule has 0 radical (unpaired) electrons. The Morgan fingerprint density at radius 1 is 1.60 bits per heavy atom. The predicted octanol–water partition coefficient (Wildman–Crippen LogP) is 0.891. The van der Waals surface area contributed by atoms with Gasteiger partial charge in [-0.15, -0.1) is 0 Å². The molecule has 4 nitrogen and oxygen atoms in total. The summed E-state index contributed by atoms with van der Waals surface area (Å²) in [6.45, 7) is 4.68. The van der Waals surface area contributed by atoms with Gasteiger partial charge >= 0.3 is 0 Å². The Kier molecular flexibility index (Phi) is 5.13. The number of nitrogens with zero attached hydrogens (tertiary/aromatic N) is 2. The number of hydrogen-bond acceptors (Lipinski definition) is 3. The SMILES string of the molecule is CCC1C(=O)NCCN1CCCCC#N. The van der Waals surface area contributed by atoms with Crippen LogP contribution in [0.3, 0.4) is 0 Å². The molecular weight excluding hydrogens is 190 g/mol. The van der Waals surface area contributed by atoms with Crippen molar-refractivity contribution in [3.8, 4) is 6.07 Å². The standard InChI is InChI=1S/C11H19N3O/c1-2-10-11(15)13-7-9-14(10)8-5-3-4-6-12/h10H,2-5,7-9H2,1H3,(H,13,15). The first-order valence-electron chi connectivity index (χ1n) is 5.68. The zero-order valence-electron chi connectivity index (χ0n) is 9.33. The minimum Gasteiger partial charge on any atom is -0.353 e. The van der Waals surface area contributed by atoms with Crippen molar-refractivity contribution in [3.05, 3.63) is 0 Å². The molecule has 0 spiro atoms. The number of hydrogen-bond donors (Lipinski definition) is 1. The Morgan fingerprint density at radius 3 is 3.07 bits per heavy atom. The minimum absolute atomic E-state index is 0.0424. The topological polar surface area (TPSA) is 56.1 Å². The fraction of sp³-hybridized carbons (Fsp3) is 0.818. The molecule has 1 aliphatic heterocycles. The summed E-state index contributed by atoms with van der Waals surface area (Å²) in [4.78, 5) is 13.8. The van der Waals surface area contributed by atoms with Crippen molar-refractivity contribution < 1.29 is 4.79 Å². The lowest BCUT2D eigenvalue weighted by atomic mass is 10.1. The van der Waals surface area contributed by atoms with Gasteiger partial charge in [0.05, 0.1) is 12.1 Å². The summed E-state index contributed by atoms with van der Waals surface area (Å²) in [6.07, 6.45) is 3.43. The number of nitriles is 1. The van der Waals surface area contributed by atoms with Gasteiger partial charge in [-0.1, -0.05) is 6.92 Å². The Morgan fingerprint density at radius 2 is 2.40 bits per heavy atom. The van der Waals surface area contributed by atoms with E-state index < -0.39 is 0 Å². The lowest BCUT2D eigenvalue weighted by Crippen LogP contribution is -2.55. The Balaban J connectivity index is 2.31. The van der Waals surface area contributed by atoms with Crippen LogP contribution in [0.1, 0.15) is 32.6 Å². The molecule has 0 aromatic rings. The van der Waals surface area contributed by atoms with E-state index >= 15 is 0 Å². The molecule has 1 aliphatic rings. The van der Waals surface area contributed by atoms with E-state index in [2.05, 4.69) is 16.3 Å². The number of carbonyl (C=O) groups excluding carboxylic acids is 1. The second-order valence-electron chi connectivity index (χ2n) is 3.87. The fourth-order valence-electron chi connectivity index (χ4n) is 1.99. The smallest absolute Gasteiger partial charge is 0.237 e. The van der Waals surface area contributed by atoms with Crippen LogP contribution >= 0.6 is 0 Å². The van der Waals surface area contributed by atoms with Crippen LogP contribution in [-0.2, 0) is 4.79 Å². The van der Waals surface area contributed by atoms with E-state index in [0.717, 1.165) is 38.9 Å². The van der Waals surface area contributed by atoms with Gasteiger partial charge in [0.15, 0.2) is 0 Å². The number of rotatable bonds is 5. The molecular formula is C11H19N3O. The average Bonchev–Trinajstić information content (AvgIpc) is 2.24. The monoisotopic (exact) mass is 209 g/mol. The molecule has 1 atom stereocenters. The van der Waals surface area contributed by atoms with Gasteiger partial charge in [-0.2, -0.15) is 5.26 Å². The van der Waals surface area contributed by atoms with Gasteiger partial charge in [-0.3, -0.25) is 9.69 Å². The molecule has 0 aliphatic carbocycles. The molecule has 15 heavy (non-hydrogen) atoms. The Bertz CT molecular complexity index is 247. The van der Waals surface area contributed by atoms with Crippen LogP contribution in [0.25, 0.3) is 0 Å². The molecule has 0 bridgehead atoms. The zero-order chi connectivity index (χ0) is 11.1. The van der Waals surface area contributed by atoms with Gasteiger partial charge in [-0.25, -0.2) is 0 Å². The summed E-state index contributed by atoms with van der Waals surface area (Å²) >= 11 is 0. The van der Waals surface area contributed by atoms with Gasteiger partial charge in [0, 0.05) is 19.5 Å². The third-order valence-corrected chi connectivity index (χ3v) is 2.81. The number of carbonyl (C=O) groups is 1. The summed E-state index contributed by atoms with van der Waals surface area (Å²) in [5.41, 5.74) is 0. The minimum atomic E-state index is 0.0424. The van der Waals surface area contributed by atoms with Crippen LogP contribution in [-0.4, -0.2) is 36.5 Å². The third kappa shape index (κ3) is 3.52. The van der Waals surface area contributed by atoms with Crippen molar-refractivity contribution in [1.29, 1.82) is 5.26 Å². The van der Waals surface area contributed by atoms with Gasteiger partial charge in [0.25, 0.3) is 0 Å². The van der Waals surface area contributed by atoms with Crippen molar-refractivity contribution in [3.63, 3.8) is 0 Å². The first kappa shape index (κ1) is 12.0. The van der Waals surface area contributed by atoms with Crippen LogP contribution in [0.2, 0.25) is 0 Å².